The van der Waals surface area contributed by atoms with Gasteiger partial charge in [-0.3, -0.25) is 5.43 Å². The van der Waals surface area contributed by atoms with Gasteiger partial charge in [0.25, 0.3) is 0 Å². The Morgan fingerprint density at radius 3 is 2.86 bits per heavy atom. The molecule has 1 N–H and O–H groups in total. The van der Waals surface area contributed by atoms with Crippen molar-refractivity contribution in [3.8, 4) is 5.75 Å². The summed E-state index contributed by atoms with van der Waals surface area (Å²) in [6, 6.07) is 6.11. The third kappa shape index (κ3) is 5.15. The third-order valence-electron chi connectivity index (χ3n) is 3.16. The second-order valence-electron chi connectivity index (χ2n) is 5.72. The summed E-state index contributed by atoms with van der Waals surface area (Å²) in [7, 11) is 0. The zero-order chi connectivity index (χ0) is 15.9. The smallest absolute Gasteiger partial charge is 0.203 e. The SMILES string of the molecule is Cc1csc(NN=Cc2ccc(C)c(OCCC(C)C)c2)n1. The van der Waals surface area contributed by atoms with E-state index in [0.29, 0.717) is 5.92 Å². The molecule has 2 aromatic rings. The van der Waals surface area contributed by atoms with Crippen LogP contribution in [-0.2, 0) is 0 Å². The minimum atomic E-state index is 0.649. The molecular weight excluding hydrogens is 294 g/mol. The highest BCUT2D eigenvalue weighted by atomic mass is 32.1. The van der Waals surface area contributed by atoms with Crippen molar-refractivity contribution in [2.24, 2.45) is 11.0 Å². The quantitative estimate of drug-likeness (QED) is 0.598. The van der Waals surface area contributed by atoms with Gasteiger partial charge in [0.15, 0.2) is 0 Å². The predicted octanol–water partition coefficient (Wildman–Crippen LogP) is 4.63. The largest absolute Gasteiger partial charge is 0.493 e. The number of hydrogen-bond acceptors (Lipinski definition) is 5. The van der Waals surface area contributed by atoms with Crippen LogP contribution in [0.3, 0.4) is 0 Å². The molecule has 5 heteroatoms. The lowest BCUT2D eigenvalue weighted by Gasteiger charge is -2.11. The first-order chi connectivity index (χ1) is 10.5. The second-order valence-corrected chi connectivity index (χ2v) is 6.58. The normalized spacial score (nSPS) is 11.3. The van der Waals surface area contributed by atoms with Crippen molar-refractivity contribution in [2.75, 3.05) is 12.0 Å². The molecule has 1 aromatic carbocycles. The maximum atomic E-state index is 5.86. The van der Waals surface area contributed by atoms with Crippen LogP contribution >= 0.6 is 11.3 Å². The Morgan fingerprint density at radius 1 is 1.36 bits per heavy atom. The van der Waals surface area contributed by atoms with Crippen LogP contribution in [0.25, 0.3) is 0 Å². The van der Waals surface area contributed by atoms with E-state index >= 15 is 0 Å². The maximum Gasteiger partial charge on any atom is 0.203 e. The van der Waals surface area contributed by atoms with Crippen LogP contribution in [-0.4, -0.2) is 17.8 Å². The van der Waals surface area contributed by atoms with Gasteiger partial charge in [0.2, 0.25) is 5.13 Å². The predicted molar refractivity (Wildman–Crippen MR) is 94.2 cm³/mol. The summed E-state index contributed by atoms with van der Waals surface area (Å²) < 4.78 is 5.86. The van der Waals surface area contributed by atoms with Crippen LogP contribution in [0, 0.1) is 19.8 Å². The molecule has 0 spiro atoms. The summed E-state index contributed by atoms with van der Waals surface area (Å²) in [5.41, 5.74) is 6.09. The summed E-state index contributed by atoms with van der Waals surface area (Å²) >= 11 is 1.54. The van der Waals surface area contributed by atoms with Crippen LogP contribution in [0.1, 0.15) is 37.1 Å². The summed E-state index contributed by atoms with van der Waals surface area (Å²) in [6.45, 7) is 9.17. The number of aryl methyl sites for hydroxylation is 2. The Morgan fingerprint density at radius 2 is 2.18 bits per heavy atom. The van der Waals surface area contributed by atoms with E-state index in [4.69, 9.17) is 4.74 Å². The van der Waals surface area contributed by atoms with E-state index in [1.54, 1.807) is 17.6 Å². The van der Waals surface area contributed by atoms with Crippen molar-refractivity contribution in [1.82, 2.24) is 4.98 Å². The average molecular weight is 317 g/mol. The van der Waals surface area contributed by atoms with Crippen molar-refractivity contribution >= 4 is 22.7 Å². The lowest BCUT2D eigenvalue weighted by molar-refractivity contribution is 0.288. The van der Waals surface area contributed by atoms with Gasteiger partial charge in [-0.25, -0.2) is 4.98 Å². The monoisotopic (exact) mass is 317 g/mol. The number of hydrogen-bond donors (Lipinski definition) is 1. The van der Waals surface area contributed by atoms with Gasteiger partial charge < -0.3 is 4.74 Å². The molecule has 0 radical (unpaired) electrons. The number of thiazole rings is 1. The Kier molecular flexibility index (Phi) is 5.95. The highest BCUT2D eigenvalue weighted by Crippen LogP contribution is 2.20. The molecule has 0 aliphatic rings. The highest BCUT2D eigenvalue weighted by molar-refractivity contribution is 7.13. The number of nitrogens with one attached hydrogen (secondary N) is 1. The van der Waals surface area contributed by atoms with E-state index in [1.807, 2.05) is 24.4 Å². The van der Waals surface area contributed by atoms with Gasteiger partial charge in [-0.2, -0.15) is 5.10 Å². The molecule has 0 saturated heterocycles. The number of anilines is 1. The molecule has 0 unspecified atom stereocenters. The van der Waals surface area contributed by atoms with Crippen molar-refractivity contribution in [2.45, 2.75) is 34.1 Å². The summed E-state index contributed by atoms with van der Waals surface area (Å²) in [4.78, 5) is 4.30. The van der Waals surface area contributed by atoms with E-state index < -0.39 is 0 Å². The molecule has 4 nitrogen and oxygen atoms in total. The van der Waals surface area contributed by atoms with Crippen molar-refractivity contribution < 1.29 is 4.74 Å². The molecule has 0 aliphatic carbocycles. The van der Waals surface area contributed by atoms with E-state index in [9.17, 15) is 0 Å². The minimum Gasteiger partial charge on any atom is -0.493 e. The molecular formula is C17H23N3OS. The van der Waals surface area contributed by atoms with Crippen LogP contribution in [0.2, 0.25) is 0 Å². The Bertz CT molecular complexity index is 635. The number of rotatable bonds is 7. The first kappa shape index (κ1) is 16.5. The van der Waals surface area contributed by atoms with E-state index in [-0.39, 0.29) is 0 Å². The Hall–Kier alpha value is -1.88. The number of ether oxygens (including phenoxy) is 1. The van der Waals surface area contributed by atoms with Gasteiger partial charge in [-0.15, -0.1) is 11.3 Å². The molecule has 2 rings (SSSR count). The van der Waals surface area contributed by atoms with Gasteiger partial charge in [0.05, 0.1) is 18.5 Å². The zero-order valence-corrected chi connectivity index (χ0v) is 14.4. The molecule has 0 atom stereocenters. The molecule has 0 amide bonds. The molecule has 22 heavy (non-hydrogen) atoms. The van der Waals surface area contributed by atoms with Gasteiger partial charge >= 0.3 is 0 Å². The topological polar surface area (TPSA) is 46.5 Å². The third-order valence-corrected chi connectivity index (χ3v) is 4.02. The fourth-order valence-corrected chi connectivity index (χ4v) is 2.46. The minimum absolute atomic E-state index is 0.649. The number of hydrazone groups is 1. The molecule has 0 aliphatic heterocycles. The fraction of sp³-hybridized carbons (Fsp3) is 0.412. The number of benzene rings is 1. The maximum absolute atomic E-state index is 5.86. The Balaban J connectivity index is 1.96. The number of nitrogens with zero attached hydrogens (tertiary/aromatic N) is 2. The summed E-state index contributed by atoms with van der Waals surface area (Å²) in [5.74, 6) is 1.57. The van der Waals surface area contributed by atoms with Gasteiger partial charge in [0, 0.05) is 5.38 Å². The molecule has 0 fully saturated rings. The molecule has 1 heterocycles. The zero-order valence-electron chi connectivity index (χ0n) is 13.6. The fourth-order valence-electron chi connectivity index (χ4n) is 1.82. The molecule has 0 bridgehead atoms. The average Bonchev–Trinajstić information content (AvgIpc) is 2.87. The van der Waals surface area contributed by atoms with Gasteiger partial charge in [-0.05, 0) is 43.4 Å². The first-order valence-electron chi connectivity index (χ1n) is 7.49. The summed E-state index contributed by atoms with van der Waals surface area (Å²) in [5, 5.41) is 7.01. The van der Waals surface area contributed by atoms with Crippen LogP contribution < -0.4 is 10.2 Å². The summed E-state index contributed by atoms with van der Waals surface area (Å²) in [6.07, 6.45) is 2.84. The van der Waals surface area contributed by atoms with Crippen molar-refractivity contribution in [1.29, 1.82) is 0 Å². The van der Waals surface area contributed by atoms with Crippen LogP contribution in [0.15, 0.2) is 28.7 Å². The molecule has 1 aromatic heterocycles. The lowest BCUT2D eigenvalue weighted by Crippen LogP contribution is -2.03. The van der Waals surface area contributed by atoms with Gasteiger partial charge in [-0.1, -0.05) is 26.0 Å². The Labute approximate surface area is 136 Å². The van der Waals surface area contributed by atoms with Crippen molar-refractivity contribution in [3.05, 3.63) is 40.4 Å². The van der Waals surface area contributed by atoms with E-state index in [0.717, 1.165) is 40.7 Å². The highest BCUT2D eigenvalue weighted by Gasteiger charge is 2.02. The van der Waals surface area contributed by atoms with Gasteiger partial charge in [0.1, 0.15) is 5.75 Å². The first-order valence-corrected chi connectivity index (χ1v) is 8.37. The van der Waals surface area contributed by atoms with Crippen LogP contribution in [0.5, 0.6) is 5.75 Å². The second kappa shape index (κ2) is 7.94. The standard InChI is InChI=1S/C17H23N3OS/c1-12(2)7-8-21-16-9-15(6-5-13(16)3)10-18-20-17-19-14(4)11-22-17/h5-6,9-12H,7-8H2,1-4H3,(H,19,20). The molecule has 0 saturated carbocycles. The van der Waals surface area contributed by atoms with Crippen molar-refractivity contribution in [3.63, 3.8) is 0 Å². The lowest BCUT2D eigenvalue weighted by atomic mass is 10.1. The van der Waals surface area contributed by atoms with Crippen LogP contribution in [0.4, 0.5) is 5.13 Å². The number of aromatic nitrogens is 1. The molecule has 118 valence electrons. The van der Waals surface area contributed by atoms with E-state index in [1.165, 1.54) is 0 Å². The van der Waals surface area contributed by atoms with E-state index in [2.05, 4.69) is 42.3 Å².